The van der Waals surface area contributed by atoms with Crippen LogP contribution in [0.3, 0.4) is 0 Å². The number of hydrogen-bond acceptors (Lipinski definition) is 2. The monoisotopic (exact) mass is 238 g/mol. The van der Waals surface area contributed by atoms with E-state index in [4.69, 9.17) is 0 Å². The maximum Gasteiger partial charge on any atom is 0.0331 e. The third-order valence-corrected chi connectivity index (χ3v) is 5.01. The quantitative estimate of drug-likeness (QED) is 0.733. The Balaban J connectivity index is 2.03. The molecule has 1 aliphatic heterocycles. The van der Waals surface area contributed by atoms with E-state index >= 15 is 0 Å². The molecule has 1 aliphatic carbocycles. The molecule has 2 nitrogen and oxygen atoms in total. The average molecular weight is 238 g/mol. The topological polar surface area (TPSA) is 15.3 Å². The van der Waals surface area contributed by atoms with Gasteiger partial charge in [-0.25, -0.2) is 0 Å². The largest absolute Gasteiger partial charge is 0.312 e. The van der Waals surface area contributed by atoms with Crippen molar-refractivity contribution in [3.63, 3.8) is 0 Å². The van der Waals surface area contributed by atoms with Gasteiger partial charge in [-0.15, -0.1) is 0 Å². The van der Waals surface area contributed by atoms with E-state index in [0.29, 0.717) is 11.6 Å². The lowest BCUT2D eigenvalue weighted by atomic mass is 9.84. The van der Waals surface area contributed by atoms with Crippen LogP contribution < -0.4 is 5.32 Å². The minimum atomic E-state index is 0.384. The first-order valence-corrected chi connectivity index (χ1v) is 7.69. The van der Waals surface area contributed by atoms with Crippen molar-refractivity contribution in [1.29, 1.82) is 0 Å². The van der Waals surface area contributed by atoms with E-state index in [2.05, 4.69) is 31.0 Å². The van der Waals surface area contributed by atoms with Crippen molar-refractivity contribution >= 4 is 0 Å². The summed E-state index contributed by atoms with van der Waals surface area (Å²) in [6, 6.07) is 0.697. The van der Waals surface area contributed by atoms with Crippen LogP contribution in [0.1, 0.15) is 59.3 Å². The van der Waals surface area contributed by atoms with E-state index in [9.17, 15) is 0 Å². The van der Waals surface area contributed by atoms with Crippen molar-refractivity contribution in [2.75, 3.05) is 19.6 Å². The standard InChI is InChI=1S/C15H30N2/c1-4-15(3,17-10-6-7-11-17)14(16-5-2)12-13-8-9-13/h13-14,16H,4-12H2,1-3H3. The van der Waals surface area contributed by atoms with Crippen LogP contribution in [0, 0.1) is 5.92 Å². The van der Waals surface area contributed by atoms with E-state index in [-0.39, 0.29) is 0 Å². The van der Waals surface area contributed by atoms with E-state index in [1.165, 1.54) is 51.6 Å². The summed E-state index contributed by atoms with van der Waals surface area (Å²) in [7, 11) is 0. The molecule has 17 heavy (non-hydrogen) atoms. The SMILES string of the molecule is CCNC(CC1CC1)C(C)(CC)N1CCCC1. The molecule has 1 saturated heterocycles. The summed E-state index contributed by atoms with van der Waals surface area (Å²) in [5.41, 5.74) is 0.384. The highest BCUT2D eigenvalue weighted by Gasteiger charge is 2.41. The van der Waals surface area contributed by atoms with E-state index in [0.717, 1.165) is 12.5 Å². The van der Waals surface area contributed by atoms with Gasteiger partial charge in [0.05, 0.1) is 0 Å². The van der Waals surface area contributed by atoms with Gasteiger partial charge in [0, 0.05) is 11.6 Å². The molecule has 0 aromatic heterocycles. The molecule has 2 atom stereocenters. The smallest absolute Gasteiger partial charge is 0.0331 e. The van der Waals surface area contributed by atoms with Gasteiger partial charge in [0.2, 0.25) is 0 Å². The van der Waals surface area contributed by atoms with Crippen LogP contribution in [0.2, 0.25) is 0 Å². The molecule has 1 heterocycles. The first kappa shape index (κ1) is 13.4. The van der Waals surface area contributed by atoms with Crippen molar-refractivity contribution in [2.24, 2.45) is 5.92 Å². The first-order chi connectivity index (χ1) is 8.20. The molecule has 0 bridgehead atoms. The van der Waals surface area contributed by atoms with Crippen molar-refractivity contribution in [3.8, 4) is 0 Å². The van der Waals surface area contributed by atoms with Gasteiger partial charge in [0.1, 0.15) is 0 Å². The lowest BCUT2D eigenvalue weighted by molar-refractivity contribution is 0.0785. The van der Waals surface area contributed by atoms with Crippen LogP contribution in [0.4, 0.5) is 0 Å². The maximum absolute atomic E-state index is 3.78. The van der Waals surface area contributed by atoms with Crippen LogP contribution >= 0.6 is 0 Å². The molecule has 2 heteroatoms. The lowest BCUT2D eigenvalue weighted by Crippen LogP contribution is -2.58. The summed E-state index contributed by atoms with van der Waals surface area (Å²) >= 11 is 0. The zero-order valence-corrected chi connectivity index (χ0v) is 12.0. The fraction of sp³-hybridized carbons (Fsp3) is 1.00. The van der Waals surface area contributed by atoms with Crippen molar-refractivity contribution in [1.82, 2.24) is 10.2 Å². The summed E-state index contributed by atoms with van der Waals surface area (Å²) in [4.78, 5) is 2.75. The molecule has 2 aliphatic rings. The summed E-state index contributed by atoms with van der Waals surface area (Å²) < 4.78 is 0. The third-order valence-electron chi connectivity index (χ3n) is 5.01. The highest BCUT2D eigenvalue weighted by Crippen LogP contribution is 2.38. The zero-order valence-electron chi connectivity index (χ0n) is 12.0. The zero-order chi connectivity index (χ0) is 12.3. The molecule has 1 saturated carbocycles. The Bertz CT molecular complexity index is 231. The van der Waals surface area contributed by atoms with Gasteiger partial charge in [0.15, 0.2) is 0 Å². The molecular weight excluding hydrogens is 208 g/mol. The second kappa shape index (κ2) is 5.71. The molecule has 0 aromatic carbocycles. The summed E-state index contributed by atoms with van der Waals surface area (Å²) in [6.45, 7) is 10.9. The van der Waals surface area contributed by atoms with E-state index in [1.807, 2.05) is 0 Å². The van der Waals surface area contributed by atoms with Gasteiger partial charge in [-0.3, -0.25) is 4.90 Å². The van der Waals surface area contributed by atoms with Crippen molar-refractivity contribution < 1.29 is 0 Å². The third kappa shape index (κ3) is 3.03. The molecule has 0 spiro atoms. The Labute approximate surface area is 107 Å². The van der Waals surface area contributed by atoms with Crippen molar-refractivity contribution in [2.45, 2.75) is 70.9 Å². The Morgan fingerprint density at radius 1 is 1.24 bits per heavy atom. The normalized spacial score (nSPS) is 27.0. The predicted octanol–water partition coefficient (Wildman–Crippen LogP) is 3.03. The van der Waals surface area contributed by atoms with Crippen molar-refractivity contribution in [3.05, 3.63) is 0 Å². The molecule has 0 amide bonds. The Morgan fingerprint density at radius 2 is 1.88 bits per heavy atom. The number of hydrogen-bond donors (Lipinski definition) is 1. The fourth-order valence-electron chi connectivity index (χ4n) is 3.41. The van der Waals surface area contributed by atoms with Gasteiger partial charge in [-0.05, 0) is 58.2 Å². The van der Waals surface area contributed by atoms with Gasteiger partial charge in [-0.2, -0.15) is 0 Å². The summed E-state index contributed by atoms with van der Waals surface area (Å²) in [5.74, 6) is 1.02. The van der Waals surface area contributed by atoms with Gasteiger partial charge < -0.3 is 5.32 Å². The lowest BCUT2D eigenvalue weighted by Gasteiger charge is -2.45. The van der Waals surface area contributed by atoms with Crippen LogP contribution in [-0.4, -0.2) is 36.1 Å². The molecular formula is C15H30N2. The number of rotatable bonds is 7. The Morgan fingerprint density at radius 3 is 2.35 bits per heavy atom. The fourth-order valence-corrected chi connectivity index (χ4v) is 3.41. The highest BCUT2D eigenvalue weighted by molar-refractivity contribution is 4.99. The number of likely N-dealkylation sites (tertiary alicyclic amines) is 1. The van der Waals surface area contributed by atoms with Crippen LogP contribution in [0.5, 0.6) is 0 Å². The second-order valence-corrected chi connectivity index (χ2v) is 6.19. The van der Waals surface area contributed by atoms with E-state index < -0.39 is 0 Å². The predicted molar refractivity (Wildman–Crippen MR) is 74.3 cm³/mol. The minimum absolute atomic E-state index is 0.384. The average Bonchev–Trinajstić information content (AvgIpc) is 2.97. The number of nitrogens with zero attached hydrogens (tertiary/aromatic N) is 1. The Hall–Kier alpha value is -0.0800. The summed E-state index contributed by atoms with van der Waals surface area (Å²) in [5, 5.41) is 3.78. The second-order valence-electron chi connectivity index (χ2n) is 6.19. The molecule has 0 aromatic rings. The van der Waals surface area contributed by atoms with E-state index in [1.54, 1.807) is 0 Å². The van der Waals surface area contributed by atoms with Crippen LogP contribution in [0.15, 0.2) is 0 Å². The van der Waals surface area contributed by atoms with Gasteiger partial charge in [-0.1, -0.05) is 26.7 Å². The maximum atomic E-state index is 3.78. The molecule has 1 N–H and O–H groups in total. The number of likely N-dealkylation sites (N-methyl/N-ethyl adjacent to an activating group) is 1. The molecule has 2 fully saturated rings. The minimum Gasteiger partial charge on any atom is -0.312 e. The highest BCUT2D eigenvalue weighted by atomic mass is 15.2. The number of nitrogens with one attached hydrogen (secondary N) is 1. The first-order valence-electron chi connectivity index (χ1n) is 7.69. The van der Waals surface area contributed by atoms with Gasteiger partial charge in [0.25, 0.3) is 0 Å². The van der Waals surface area contributed by atoms with Crippen LogP contribution in [0.25, 0.3) is 0 Å². The molecule has 2 rings (SSSR count). The molecule has 2 unspecified atom stereocenters. The molecule has 0 radical (unpaired) electrons. The van der Waals surface area contributed by atoms with Gasteiger partial charge >= 0.3 is 0 Å². The molecule has 100 valence electrons. The van der Waals surface area contributed by atoms with Crippen LogP contribution in [-0.2, 0) is 0 Å². The Kier molecular flexibility index (Phi) is 4.48. The summed E-state index contributed by atoms with van der Waals surface area (Å²) in [6.07, 6.45) is 8.42.